The van der Waals surface area contributed by atoms with Crippen molar-refractivity contribution in [3.05, 3.63) is 112 Å². The topological polar surface area (TPSA) is 218 Å². The number of rotatable bonds is 24. The number of azide groups is 1. The second kappa shape index (κ2) is 24.2. The Balaban J connectivity index is 1.32. The first-order valence-corrected chi connectivity index (χ1v) is 17.6. The fraction of sp³-hybridized carbons (Fsp3) is 0.395. The Morgan fingerprint density at radius 3 is 2.04 bits per heavy atom. The van der Waals surface area contributed by atoms with Crippen LogP contribution in [0.1, 0.15) is 55.2 Å². The van der Waals surface area contributed by atoms with Gasteiger partial charge in [-0.2, -0.15) is 0 Å². The highest BCUT2D eigenvalue weighted by molar-refractivity contribution is 5.92. The lowest BCUT2D eigenvalue weighted by atomic mass is 10.1. The number of primary amides is 1. The maximum atomic E-state index is 12.8. The summed E-state index contributed by atoms with van der Waals surface area (Å²) >= 11 is 0. The highest BCUT2D eigenvalue weighted by Crippen LogP contribution is 2.15. The van der Waals surface area contributed by atoms with Crippen LogP contribution < -0.4 is 26.4 Å². The Morgan fingerprint density at radius 2 is 1.40 bits per heavy atom. The van der Waals surface area contributed by atoms with E-state index in [0.717, 1.165) is 11.1 Å². The number of nitrogens with zero attached hydrogens (tertiary/aromatic N) is 4. The van der Waals surface area contributed by atoms with Crippen LogP contribution in [0, 0.1) is 0 Å². The number of benzene rings is 3. The molecule has 0 heterocycles. The minimum atomic E-state index is -1.11. The van der Waals surface area contributed by atoms with Crippen molar-refractivity contribution in [2.24, 2.45) is 10.8 Å². The van der Waals surface area contributed by atoms with Gasteiger partial charge in [-0.1, -0.05) is 77.9 Å². The van der Waals surface area contributed by atoms with E-state index in [0.29, 0.717) is 56.7 Å². The minimum Gasteiger partial charge on any atom is -0.489 e. The highest BCUT2D eigenvalue weighted by atomic mass is 16.6. The summed E-state index contributed by atoms with van der Waals surface area (Å²) in [5, 5.41) is 11.7. The molecule has 3 aromatic rings. The number of hydrogen-bond donors (Lipinski definition) is 4. The number of hydrogen-bond acceptors (Lipinski definition) is 8. The normalized spacial score (nSPS) is 10.9. The number of ether oxygens (including phenoxy) is 2. The molecule has 0 spiro atoms. The molecule has 15 heteroatoms. The standard InChI is InChI=1S/C38H48N8O7/c39-34(47)26-33(44-36(49)25-29-15-17-32(18-16-29)52-27-30-11-4-1-5-12-30)37(50)42-21-9-3-8-20-41-35(48)19-24-46(23-10-22-43-45-40)38(51)53-28-31-13-6-2-7-14-31/h1-2,4-7,11-18,33H,3,8-10,19-28H2,(H2,39,47)(H,41,48)(H,42,50)(H,44,49)/t33-/m1/s1. The lowest BCUT2D eigenvalue weighted by Crippen LogP contribution is -2.49. The summed E-state index contributed by atoms with van der Waals surface area (Å²) in [5.41, 5.74) is 16.4. The van der Waals surface area contributed by atoms with Crippen molar-refractivity contribution in [1.29, 1.82) is 0 Å². The van der Waals surface area contributed by atoms with Gasteiger partial charge in [0.1, 0.15) is 25.0 Å². The van der Waals surface area contributed by atoms with E-state index in [1.807, 2.05) is 60.7 Å². The maximum Gasteiger partial charge on any atom is 0.410 e. The van der Waals surface area contributed by atoms with Gasteiger partial charge in [0.2, 0.25) is 23.6 Å². The molecule has 53 heavy (non-hydrogen) atoms. The summed E-state index contributed by atoms with van der Waals surface area (Å²) in [6.45, 7) is 1.85. The largest absolute Gasteiger partial charge is 0.489 e. The van der Waals surface area contributed by atoms with E-state index in [-0.39, 0.29) is 51.4 Å². The van der Waals surface area contributed by atoms with Crippen molar-refractivity contribution >= 4 is 29.7 Å². The van der Waals surface area contributed by atoms with Crippen molar-refractivity contribution in [3.63, 3.8) is 0 Å². The first-order valence-electron chi connectivity index (χ1n) is 17.6. The molecular formula is C38H48N8O7. The molecule has 0 saturated carbocycles. The van der Waals surface area contributed by atoms with E-state index in [1.54, 1.807) is 24.3 Å². The lowest BCUT2D eigenvalue weighted by Gasteiger charge is -2.21. The third kappa shape index (κ3) is 17.6. The quantitative estimate of drug-likeness (QED) is 0.0453. The average molecular weight is 729 g/mol. The summed E-state index contributed by atoms with van der Waals surface area (Å²) in [7, 11) is 0. The van der Waals surface area contributed by atoms with Crippen LogP contribution in [0.5, 0.6) is 5.75 Å². The summed E-state index contributed by atoms with van der Waals surface area (Å²) < 4.78 is 11.2. The van der Waals surface area contributed by atoms with E-state index >= 15 is 0 Å². The fourth-order valence-corrected chi connectivity index (χ4v) is 5.08. The number of unbranched alkanes of at least 4 members (excludes halogenated alkanes) is 2. The van der Waals surface area contributed by atoms with Crippen LogP contribution in [0.25, 0.3) is 10.4 Å². The molecule has 282 valence electrons. The zero-order chi connectivity index (χ0) is 38.1. The van der Waals surface area contributed by atoms with Crippen LogP contribution in [0.15, 0.2) is 90.0 Å². The van der Waals surface area contributed by atoms with E-state index < -0.39 is 29.9 Å². The molecule has 0 radical (unpaired) electrons. The first-order chi connectivity index (χ1) is 25.7. The molecule has 5 amide bonds. The molecule has 0 saturated heterocycles. The lowest BCUT2D eigenvalue weighted by molar-refractivity contribution is -0.131. The summed E-state index contributed by atoms with van der Waals surface area (Å²) in [4.78, 5) is 66.5. The van der Waals surface area contributed by atoms with E-state index in [2.05, 4.69) is 26.0 Å². The van der Waals surface area contributed by atoms with Crippen molar-refractivity contribution < 1.29 is 33.4 Å². The van der Waals surface area contributed by atoms with Crippen LogP contribution in [0.4, 0.5) is 4.79 Å². The van der Waals surface area contributed by atoms with Gasteiger partial charge >= 0.3 is 6.09 Å². The van der Waals surface area contributed by atoms with Crippen LogP contribution in [-0.4, -0.2) is 73.4 Å². The molecule has 1 atom stereocenters. The Bertz CT molecular complexity index is 1640. The Hall–Kier alpha value is -6.08. The van der Waals surface area contributed by atoms with Gasteiger partial charge in [0.25, 0.3) is 0 Å². The minimum absolute atomic E-state index is 0.00101. The molecule has 0 aliphatic heterocycles. The third-order valence-electron chi connectivity index (χ3n) is 7.89. The number of carbonyl (C=O) groups is 5. The monoisotopic (exact) mass is 728 g/mol. The highest BCUT2D eigenvalue weighted by Gasteiger charge is 2.23. The van der Waals surface area contributed by atoms with Gasteiger partial charge in [-0.05, 0) is 60.0 Å². The van der Waals surface area contributed by atoms with Gasteiger partial charge < -0.3 is 36.1 Å². The molecule has 5 N–H and O–H groups in total. The van der Waals surface area contributed by atoms with Crippen LogP contribution >= 0.6 is 0 Å². The second-order valence-corrected chi connectivity index (χ2v) is 12.2. The van der Waals surface area contributed by atoms with Gasteiger partial charge in [0, 0.05) is 44.1 Å². The number of nitrogens with two attached hydrogens (primary N) is 1. The van der Waals surface area contributed by atoms with Crippen LogP contribution in [0.2, 0.25) is 0 Å². The molecule has 0 unspecified atom stereocenters. The van der Waals surface area contributed by atoms with E-state index in [4.69, 9.17) is 20.7 Å². The Labute approximate surface area is 309 Å². The van der Waals surface area contributed by atoms with Gasteiger partial charge in [0.15, 0.2) is 0 Å². The van der Waals surface area contributed by atoms with Crippen LogP contribution in [0.3, 0.4) is 0 Å². The predicted octanol–water partition coefficient (Wildman–Crippen LogP) is 4.30. The van der Waals surface area contributed by atoms with Crippen molar-refractivity contribution in [3.8, 4) is 5.75 Å². The third-order valence-corrected chi connectivity index (χ3v) is 7.89. The zero-order valence-electron chi connectivity index (χ0n) is 29.8. The van der Waals surface area contributed by atoms with Crippen LogP contribution in [-0.2, 0) is 43.5 Å². The van der Waals surface area contributed by atoms with Crippen molar-refractivity contribution in [1.82, 2.24) is 20.9 Å². The molecule has 0 fully saturated rings. The van der Waals surface area contributed by atoms with Gasteiger partial charge in [-0.15, -0.1) is 0 Å². The SMILES string of the molecule is [N-]=[N+]=NCCCN(CCC(=O)NCCCCCNC(=O)[C@@H](CC(N)=O)NC(=O)Cc1ccc(OCc2ccccc2)cc1)C(=O)OCc1ccccc1. The smallest absolute Gasteiger partial charge is 0.410 e. The number of nitrogens with one attached hydrogen (secondary N) is 3. The predicted molar refractivity (Wildman–Crippen MR) is 198 cm³/mol. The first kappa shape index (κ1) is 41.3. The molecule has 15 nitrogen and oxygen atoms in total. The zero-order valence-corrected chi connectivity index (χ0v) is 29.8. The Morgan fingerprint density at radius 1 is 0.755 bits per heavy atom. The molecule has 3 aromatic carbocycles. The molecule has 0 aliphatic carbocycles. The fourth-order valence-electron chi connectivity index (χ4n) is 5.08. The number of carbonyl (C=O) groups excluding carboxylic acids is 5. The van der Waals surface area contributed by atoms with Crippen molar-refractivity contribution in [2.45, 2.75) is 64.2 Å². The number of amides is 5. The molecule has 0 bridgehead atoms. The average Bonchev–Trinajstić information content (AvgIpc) is 3.16. The summed E-state index contributed by atoms with van der Waals surface area (Å²) in [6.07, 6.45) is 1.54. The van der Waals surface area contributed by atoms with Gasteiger partial charge in [0.05, 0.1) is 12.8 Å². The molecule has 0 aliphatic rings. The molecular weight excluding hydrogens is 680 g/mol. The molecule has 3 rings (SSSR count). The maximum absolute atomic E-state index is 12.8. The summed E-state index contributed by atoms with van der Waals surface area (Å²) in [5.74, 6) is -1.24. The van der Waals surface area contributed by atoms with Gasteiger partial charge in [-0.3, -0.25) is 19.2 Å². The van der Waals surface area contributed by atoms with Gasteiger partial charge in [-0.25, -0.2) is 4.79 Å². The Kier molecular flexibility index (Phi) is 18.9. The van der Waals surface area contributed by atoms with Crippen molar-refractivity contribution in [2.75, 3.05) is 32.7 Å². The second-order valence-electron chi connectivity index (χ2n) is 12.2. The summed E-state index contributed by atoms with van der Waals surface area (Å²) in [6, 6.07) is 24.9. The van der Waals surface area contributed by atoms with E-state index in [9.17, 15) is 24.0 Å². The van der Waals surface area contributed by atoms with E-state index in [1.165, 1.54) is 4.90 Å². The molecule has 0 aromatic heterocycles.